The van der Waals surface area contributed by atoms with Gasteiger partial charge < -0.3 is 5.32 Å². The predicted molar refractivity (Wildman–Crippen MR) is 43.2 cm³/mol. The molecule has 0 aliphatic carbocycles. The summed E-state index contributed by atoms with van der Waals surface area (Å²) in [6.45, 7) is 2.09. The number of nitrogens with one attached hydrogen (secondary N) is 1. The third-order valence-electron chi connectivity index (χ3n) is 3.24. The highest BCUT2D eigenvalue weighted by Crippen LogP contribution is 2.34. The van der Waals surface area contributed by atoms with Crippen LogP contribution in [0.15, 0.2) is 0 Å². The molecule has 2 saturated heterocycles. The molecule has 4 unspecified atom stereocenters. The Hall–Kier alpha value is -0.110. The molecule has 0 amide bonds. The molecule has 1 N–H and O–H groups in total. The van der Waals surface area contributed by atoms with Gasteiger partial charge in [-0.3, -0.25) is 0 Å². The summed E-state index contributed by atoms with van der Waals surface area (Å²) in [5, 5.41) is 3.48. The molecular weight excluding hydrogens is 141 g/mol. The Balaban J connectivity index is 2.07. The molecule has 0 aromatic heterocycles. The highest BCUT2D eigenvalue weighted by atomic mass is 19.1. The molecule has 0 radical (unpaired) electrons. The summed E-state index contributed by atoms with van der Waals surface area (Å²) in [5.41, 5.74) is 0. The molecule has 2 rings (SSSR count). The number of halogens is 1. The zero-order valence-corrected chi connectivity index (χ0v) is 7.02. The zero-order valence-electron chi connectivity index (χ0n) is 7.02. The predicted octanol–water partition coefficient (Wildman–Crippen LogP) is 1.88. The average molecular weight is 157 g/mol. The number of hydrogen-bond acceptors (Lipinski definition) is 1. The first kappa shape index (κ1) is 7.53. The second-order valence-electron chi connectivity index (χ2n) is 3.87. The molecule has 4 atom stereocenters. The quantitative estimate of drug-likeness (QED) is 0.612. The second-order valence-corrected chi connectivity index (χ2v) is 3.87. The molecule has 11 heavy (non-hydrogen) atoms. The van der Waals surface area contributed by atoms with Gasteiger partial charge in [-0.1, -0.05) is 6.92 Å². The third-order valence-corrected chi connectivity index (χ3v) is 3.24. The molecule has 0 spiro atoms. The zero-order chi connectivity index (χ0) is 7.84. The highest BCUT2D eigenvalue weighted by molar-refractivity contribution is 4.97. The van der Waals surface area contributed by atoms with Gasteiger partial charge >= 0.3 is 0 Å². The van der Waals surface area contributed by atoms with Crippen molar-refractivity contribution in [3.8, 4) is 0 Å². The number of alkyl halides is 1. The second kappa shape index (κ2) is 2.74. The first-order valence-corrected chi connectivity index (χ1v) is 4.71. The van der Waals surface area contributed by atoms with Crippen LogP contribution >= 0.6 is 0 Å². The van der Waals surface area contributed by atoms with E-state index in [9.17, 15) is 4.39 Å². The molecule has 0 aromatic carbocycles. The molecular formula is C9H16FN. The lowest BCUT2D eigenvalue weighted by molar-refractivity contribution is 0.133. The van der Waals surface area contributed by atoms with E-state index in [1.165, 1.54) is 12.8 Å². The molecule has 1 nitrogen and oxygen atoms in total. The molecule has 64 valence electrons. The molecule has 0 aromatic rings. The molecule has 2 heterocycles. The number of fused-ring (bicyclic) bond motifs is 2. The summed E-state index contributed by atoms with van der Waals surface area (Å²) in [7, 11) is 0. The van der Waals surface area contributed by atoms with Crippen LogP contribution in [0.4, 0.5) is 4.39 Å². The Bertz CT molecular complexity index is 148. The van der Waals surface area contributed by atoms with E-state index in [1.807, 2.05) is 0 Å². The van der Waals surface area contributed by atoms with Gasteiger partial charge in [0.15, 0.2) is 0 Å². The largest absolute Gasteiger partial charge is 0.311 e. The molecule has 2 bridgehead atoms. The van der Waals surface area contributed by atoms with Crippen molar-refractivity contribution in [1.29, 1.82) is 0 Å². The third kappa shape index (κ3) is 1.18. The monoisotopic (exact) mass is 157 g/mol. The number of piperidine rings is 1. The van der Waals surface area contributed by atoms with Crippen molar-refractivity contribution >= 4 is 0 Å². The topological polar surface area (TPSA) is 12.0 Å². The van der Waals surface area contributed by atoms with E-state index in [2.05, 4.69) is 12.2 Å². The fraction of sp³-hybridized carbons (Fsp3) is 1.00. The van der Waals surface area contributed by atoms with Gasteiger partial charge in [0, 0.05) is 18.0 Å². The van der Waals surface area contributed by atoms with Gasteiger partial charge in [-0.25, -0.2) is 4.39 Å². The normalized spacial score (nSPS) is 49.6. The van der Waals surface area contributed by atoms with Crippen molar-refractivity contribution < 1.29 is 4.39 Å². The summed E-state index contributed by atoms with van der Waals surface area (Å²) >= 11 is 0. The van der Waals surface area contributed by atoms with E-state index in [1.54, 1.807) is 0 Å². The van der Waals surface area contributed by atoms with E-state index < -0.39 is 6.17 Å². The molecule has 2 aliphatic rings. The smallest absolute Gasteiger partial charge is 0.106 e. The Labute approximate surface area is 67.4 Å². The van der Waals surface area contributed by atoms with Crippen LogP contribution < -0.4 is 5.32 Å². The maximum absolute atomic E-state index is 13.3. The van der Waals surface area contributed by atoms with Crippen molar-refractivity contribution in [2.24, 2.45) is 5.92 Å². The molecule has 2 fully saturated rings. The van der Waals surface area contributed by atoms with E-state index in [0.29, 0.717) is 18.0 Å². The van der Waals surface area contributed by atoms with Crippen LogP contribution in [-0.4, -0.2) is 18.3 Å². The molecule has 0 saturated carbocycles. The van der Waals surface area contributed by atoms with Gasteiger partial charge in [0.05, 0.1) is 0 Å². The van der Waals surface area contributed by atoms with Crippen molar-refractivity contribution in [2.75, 3.05) is 0 Å². The Kier molecular flexibility index (Phi) is 1.88. The average Bonchev–Trinajstić information content (AvgIpc) is 2.34. The summed E-state index contributed by atoms with van der Waals surface area (Å²) in [6, 6.07) is 0.992. The van der Waals surface area contributed by atoms with Crippen LogP contribution in [-0.2, 0) is 0 Å². The minimum Gasteiger partial charge on any atom is -0.311 e. The first-order chi connectivity index (χ1) is 5.31. The van der Waals surface area contributed by atoms with Gasteiger partial charge in [-0.05, 0) is 25.7 Å². The Morgan fingerprint density at radius 1 is 1.45 bits per heavy atom. The molecule has 2 aliphatic heterocycles. The van der Waals surface area contributed by atoms with Crippen molar-refractivity contribution in [1.82, 2.24) is 5.32 Å². The summed E-state index contributed by atoms with van der Waals surface area (Å²) < 4.78 is 13.3. The minimum absolute atomic E-state index is 0.300. The fourth-order valence-corrected chi connectivity index (χ4v) is 2.61. The van der Waals surface area contributed by atoms with Gasteiger partial charge in [0.2, 0.25) is 0 Å². The van der Waals surface area contributed by atoms with Gasteiger partial charge in [0.1, 0.15) is 6.17 Å². The van der Waals surface area contributed by atoms with Crippen LogP contribution in [0, 0.1) is 5.92 Å². The Morgan fingerprint density at radius 2 is 2.27 bits per heavy atom. The molecule has 2 heteroatoms. The Morgan fingerprint density at radius 3 is 3.00 bits per heavy atom. The van der Waals surface area contributed by atoms with Crippen LogP contribution in [0.1, 0.15) is 32.6 Å². The van der Waals surface area contributed by atoms with E-state index >= 15 is 0 Å². The maximum Gasteiger partial charge on any atom is 0.106 e. The highest BCUT2D eigenvalue weighted by Gasteiger charge is 2.40. The lowest BCUT2D eigenvalue weighted by atomic mass is 9.88. The summed E-state index contributed by atoms with van der Waals surface area (Å²) in [6.07, 6.45) is 3.62. The van der Waals surface area contributed by atoms with Crippen LogP contribution in [0.2, 0.25) is 0 Å². The number of hydrogen-bond donors (Lipinski definition) is 1. The lowest BCUT2D eigenvalue weighted by Crippen LogP contribution is -2.46. The van der Waals surface area contributed by atoms with Crippen molar-refractivity contribution in [3.05, 3.63) is 0 Å². The van der Waals surface area contributed by atoms with E-state index in [-0.39, 0.29) is 0 Å². The minimum atomic E-state index is -0.529. The lowest BCUT2D eigenvalue weighted by Gasteiger charge is -2.32. The number of rotatable bonds is 1. The van der Waals surface area contributed by atoms with Crippen LogP contribution in [0.3, 0.4) is 0 Å². The van der Waals surface area contributed by atoms with Crippen LogP contribution in [0.5, 0.6) is 0 Å². The summed E-state index contributed by atoms with van der Waals surface area (Å²) in [5.74, 6) is 0.300. The fourth-order valence-electron chi connectivity index (χ4n) is 2.61. The van der Waals surface area contributed by atoms with Crippen molar-refractivity contribution in [2.45, 2.75) is 50.9 Å². The van der Waals surface area contributed by atoms with Gasteiger partial charge in [-0.15, -0.1) is 0 Å². The standard InChI is InChI=1S/C9H16FN/c1-2-7-8(10)5-6-3-4-9(7)11-6/h6-9,11H,2-5H2,1H3. The maximum atomic E-state index is 13.3. The summed E-state index contributed by atoms with van der Waals surface area (Å²) in [4.78, 5) is 0. The van der Waals surface area contributed by atoms with Crippen molar-refractivity contribution in [3.63, 3.8) is 0 Å². The van der Waals surface area contributed by atoms with E-state index in [4.69, 9.17) is 0 Å². The SMILES string of the molecule is CCC1C(F)CC2CCC1N2. The van der Waals surface area contributed by atoms with Crippen LogP contribution in [0.25, 0.3) is 0 Å². The van der Waals surface area contributed by atoms with Gasteiger partial charge in [-0.2, -0.15) is 0 Å². The van der Waals surface area contributed by atoms with Gasteiger partial charge in [0.25, 0.3) is 0 Å². The first-order valence-electron chi connectivity index (χ1n) is 4.71. The van der Waals surface area contributed by atoms with E-state index in [0.717, 1.165) is 12.8 Å².